The molecule has 0 fully saturated rings. The fourth-order valence-corrected chi connectivity index (χ4v) is 2.26. The maximum Gasteiger partial charge on any atom is 0.0624 e. The molecule has 2 nitrogen and oxygen atoms in total. The van der Waals surface area contributed by atoms with Crippen LogP contribution in [0.3, 0.4) is 0 Å². The van der Waals surface area contributed by atoms with E-state index in [1.165, 1.54) is 0 Å². The smallest absolute Gasteiger partial charge is 0.0624 e. The lowest BCUT2D eigenvalue weighted by atomic mass is 10.00. The summed E-state index contributed by atoms with van der Waals surface area (Å²) in [5.74, 6) is 0. The Morgan fingerprint density at radius 3 is 2.78 bits per heavy atom. The molecule has 0 aliphatic carbocycles. The van der Waals surface area contributed by atoms with E-state index in [0.29, 0.717) is 16.5 Å². The molecule has 1 unspecified atom stereocenters. The number of halogens is 2. The van der Waals surface area contributed by atoms with E-state index in [0.717, 1.165) is 16.8 Å². The van der Waals surface area contributed by atoms with E-state index in [2.05, 4.69) is 4.98 Å². The first kappa shape index (κ1) is 13.3. The van der Waals surface area contributed by atoms with Gasteiger partial charge in [0.2, 0.25) is 0 Å². The molecule has 2 N–H and O–H groups in total. The van der Waals surface area contributed by atoms with Crippen LogP contribution < -0.4 is 5.73 Å². The largest absolute Gasteiger partial charge is 0.324 e. The molecule has 18 heavy (non-hydrogen) atoms. The highest BCUT2D eigenvalue weighted by Gasteiger charge is 2.11. The van der Waals surface area contributed by atoms with Crippen LogP contribution in [0.5, 0.6) is 0 Å². The van der Waals surface area contributed by atoms with Crippen LogP contribution in [0.15, 0.2) is 36.5 Å². The Morgan fingerprint density at radius 1 is 1.28 bits per heavy atom. The Kier molecular flexibility index (Phi) is 4.23. The highest BCUT2D eigenvalue weighted by molar-refractivity contribution is 6.42. The normalized spacial score (nSPS) is 12.4. The van der Waals surface area contributed by atoms with Gasteiger partial charge in [-0.3, -0.25) is 4.98 Å². The Bertz CT molecular complexity index is 555. The summed E-state index contributed by atoms with van der Waals surface area (Å²) in [6.45, 7) is 1.95. The van der Waals surface area contributed by atoms with Crippen LogP contribution in [0.1, 0.15) is 22.9 Å². The number of aryl methyl sites for hydroxylation is 1. The maximum atomic E-state index is 6.19. The molecule has 0 spiro atoms. The fourth-order valence-electron chi connectivity index (χ4n) is 1.86. The first-order valence-corrected chi connectivity index (χ1v) is 6.44. The summed E-state index contributed by atoms with van der Waals surface area (Å²) in [4.78, 5) is 4.16. The average molecular weight is 281 g/mol. The number of benzene rings is 1. The van der Waals surface area contributed by atoms with E-state index in [4.69, 9.17) is 28.9 Å². The number of hydrogen-bond acceptors (Lipinski definition) is 2. The summed E-state index contributed by atoms with van der Waals surface area (Å²) in [5.41, 5.74) is 9.16. The van der Waals surface area contributed by atoms with E-state index < -0.39 is 0 Å². The Hall–Kier alpha value is -1.09. The van der Waals surface area contributed by atoms with E-state index in [1.807, 2.05) is 31.2 Å². The van der Waals surface area contributed by atoms with Crippen LogP contribution in [0.25, 0.3) is 0 Å². The zero-order valence-corrected chi connectivity index (χ0v) is 11.5. The quantitative estimate of drug-likeness (QED) is 0.925. The number of hydrogen-bond donors (Lipinski definition) is 1. The van der Waals surface area contributed by atoms with Crippen molar-refractivity contribution >= 4 is 23.2 Å². The van der Waals surface area contributed by atoms with Gasteiger partial charge in [0.25, 0.3) is 0 Å². The summed E-state index contributed by atoms with van der Waals surface area (Å²) in [5, 5.41) is 1.15. The molecular formula is C14H14Cl2N2. The molecule has 94 valence electrons. The predicted molar refractivity (Wildman–Crippen MR) is 76.1 cm³/mol. The number of rotatable bonds is 3. The van der Waals surface area contributed by atoms with Gasteiger partial charge >= 0.3 is 0 Å². The van der Waals surface area contributed by atoms with Gasteiger partial charge in [-0.25, -0.2) is 0 Å². The lowest BCUT2D eigenvalue weighted by Crippen LogP contribution is -2.14. The predicted octanol–water partition coefficient (Wildman–Crippen LogP) is 3.94. The van der Waals surface area contributed by atoms with Crippen molar-refractivity contribution in [1.29, 1.82) is 0 Å². The van der Waals surface area contributed by atoms with E-state index in [1.54, 1.807) is 12.3 Å². The molecular weight excluding hydrogens is 267 g/mol. The van der Waals surface area contributed by atoms with E-state index in [-0.39, 0.29) is 6.04 Å². The minimum Gasteiger partial charge on any atom is -0.324 e. The highest BCUT2D eigenvalue weighted by Crippen LogP contribution is 2.28. The zero-order chi connectivity index (χ0) is 13.1. The van der Waals surface area contributed by atoms with Crippen molar-refractivity contribution in [3.63, 3.8) is 0 Å². The van der Waals surface area contributed by atoms with Crippen LogP contribution in [0.4, 0.5) is 0 Å². The highest BCUT2D eigenvalue weighted by atomic mass is 35.5. The van der Waals surface area contributed by atoms with Crippen molar-refractivity contribution in [2.45, 2.75) is 19.4 Å². The second kappa shape index (κ2) is 5.70. The Morgan fingerprint density at radius 2 is 2.06 bits per heavy atom. The summed E-state index contributed by atoms with van der Waals surface area (Å²) in [7, 11) is 0. The lowest BCUT2D eigenvalue weighted by molar-refractivity contribution is 0.719. The van der Waals surface area contributed by atoms with Crippen molar-refractivity contribution in [2.24, 2.45) is 5.73 Å². The van der Waals surface area contributed by atoms with Crippen LogP contribution in [0.2, 0.25) is 10.0 Å². The molecule has 1 heterocycles. The van der Waals surface area contributed by atoms with Crippen LogP contribution >= 0.6 is 23.2 Å². The van der Waals surface area contributed by atoms with Gasteiger partial charge in [0.05, 0.1) is 10.0 Å². The molecule has 0 aliphatic heterocycles. The monoisotopic (exact) mass is 280 g/mol. The maximum absolute atomic E-state index is 6.19. The standard InChI is InChI=1S/C14H14Cl2N2/c1-9-7-10(5-6-18-9)13(17)8-11-3-2-4-12(15)14(11)16/h2-7,13H,8,17H2,1H3. The van der Waals surface area contributed by atoms with Crippen LogP contribution in [-0.2, 0) is 6.42 Å². The van der Waals surface area contributed by atoms with Crippen molar-refractivity contribution in [3.8, 4) is 0 Å². The third-order valence-electron chi connectivity index (χ3n) is 2.82. The lowest BCUT2D eigenvalue weighted by Gasteiger charge is -2.14. The summed E-state index contributed by atoms with van der Waals surface area (Å²) < 4.78 is 0. The minimum atomic E-state index is -0.109. The molecule has 4 heteroatoms. The third-order valence-corrected chi connectivity index (χ3v) is 3.68. The zero-order valence-electron chi connectivity index (χ0n) is 10.0. The van der Waals surface area contributed by atoms with Crippen LogP contribution in [0, 0.1) is 6.92 Å². The first-order valence-electron chi connectivity index (χ1n) is 5.69. The third kappa shape index (κ3) is 3.02. The van der Waals surface area contributed by atoms with Gasteiger partial charge in [-0.05, 0) is 42.7 Å². The van der Waals surface area contributed by atoms with Crippen molar-refractivity contribution in [3.05, 3.63) is 63.4 Å². The van der Waals surface area contributed by atoms with Gasteiger partial charge in [0, 0.05) is 17.9 Å². The Labute approximate surface area is 117 Å². The molecule has 0 saturated carbocycles. The Balaban J connectivity index is 2.21. The topological polar surface area (TPSA) is 38.9 Å². The average Bonchev–Trinajstić information content (AvgIpc) is 2.35. The molecule has 2 aromatic rings. The summed E-state index contributed by atoms with van der Waals surface area (Å²) >= 11 is 12.1. The van der Waals surface area contributed by atoms with Gasteiger partial charge in [0.15, 0.2) is 0 Å². The van der Waals surface area contributed by atoms with Crippen LogP contribution in [-0.4, -0.2) is 4.98 Å². The number of aromatic nitrogens is 1. The van der Waals surface area contributed by atoms with E-state index >= 15 is 0 Å². The number of nitrogens with two attached hydrogens (primary N) is 1. The van der Waals surface area contributed by atoms with Gasteiger partial charge in [-0.15, -0.1) is 0 Å². The van der Waals surface area contributed by atoms with Gasteiger partial charge < -0.3 is 5.73 Å². The molecule has 0 bridgehead atoms. The summed E-state index contributed by atoms with van der Waals surface area (Å²) in [6.07, 6.45) is 2.42. The molecule has 0 aliphatic rings. The second-order valence-electron chi connectivity index (χ2n) is 4.25. The number of nitrogens with zero attached hydrogens (tertiary/aromatic N) is 1. The van der Waals surface area contributed by atoms with Crippen molar-refractivity contribution in [2.75, 3.05) is 0 Å². The van der Waals surface area contributed by atoms with Gasteiger partial charge in [0.1, 0.15) is 0 Å². The molecule has 0 saturated heterocycles. The minimum absolute atomic E-state index is 0.109. The number of pyridine rings is 1. The molecule has 0 amide bonds. The van der Waals surface area contributed by atoms with E-state index in [9.17, 15) is 0 Å². The van der Waals surface area contributed by atoms with Crippen molar-refractivity contribution in [1.82, 2.24) is 4.98 Å². The molecule has 1 aromatic heterocycles. The van der Waals surface area contributed by atoms with Gasteiger partial charge in [-0.2, -0.15) is 0 Å². The van der Waals surface area contributed by atoms with Crippen molar-refractivity contribution < 1.29 is 0 Å². The molecule has 1 atom stereocenters. The van der Waals surface area contributed by atoms with Gasteiger partial charge in [-0.1, -0.05) is 35.3 Å². The second-order valence-corrected chi connectivity index (χ2v) is 5.04. The first-order chi connectivity index (χ1) is 8.58. The molecule has 2 rings (SSSR count). The fraction of sp³-hybridized carbons (Fsp3) is 0.214. The SMILES string of the molecule is Cc1cc(C(N)Cc2cccc(Cl)c2Cl)ccn1. The summed E-state index contributed by atoms with van der Waals surface area (Å²) in [6, 6.07) is 9.41. The molecule has 1 aromatic carbocycles. The molecule has 0 radical (unpaired) electrons.